The minimum atomic E-state index is -3.66. The highest BCUT2D eigenvalue weighted by Crippen LogP contribution is 2.33. The van der Waals surface area contributed by atoms with Crippen LogP contribution in [0.3, 0.4) is 0 Å². The first kappa shape index (κ1) is 20.3. The van der Waals surface area contributed by atoms with Crippen molar-refractivity contribution >= 4 is 27.5 Å². The van der Waals surface area contributed by atoms with Crippen LogP contribution in [0.15, 0.2) is 41.3 Å². The van der Waals surface area contributed by atoms with E-state index in [1.807, 2.05) is 6.92 Å². The Balaban J connectivity index is 1.67. The normalized spacial score (nSPS) is 20.0. The van der Waals surface area contributed by atoms with Crippen molar-refractivity contribution in [3.05, 3.63) is 63.9 Å². The Kier molecular flexibility index (Phi) is 5.40. The highest BCUT2D eigenvalue weighted by Gasteiger charge is 2.32. The molecule has 1 fully saturated rings. The van der Waals surface area contributed by atoms with E-state index in [4.69, 9.17) is 11.6 Å². The van der Waals surface area contributed by atoms with Crippen LogP contribution in [0.25, 0.3) is 0 Å². The molecule has 0 aromatic heterocycles. The summed E-state index contributed by atoms with van der Waals surface area (Å²) in [5, 5.41) is 0.201. The number of nitrogens with zero attached hydrogens (tertiary/aromatic N) is 2. The molecular formula is C21H22ClFN2O3S. The van der Waals surface area contributed by atoms with Gasteiger partial charge in [0.25, 0.3) is 5.91 Å². The number of sulfonamides is 1. The molecule has 4 rings (SSSR count). The Hall–Kier alpha value is -1.96. The van der Waals surface area contributed by atoms with Gasteiger partial charge in [0.1, 0.15) is 5.82 Å². The van der Waals surface area contributed by atoms with E-state index in [9.17, 15) is 17.6 Å². The van der Waals surface area contributed by atoms with Crippen molar-refractivity contribution in [2.45, 2.75) is 37.1 Å². The molecule has 2 aromatic carbocycles. The van der Waals surface area contributed by atoms with Gasteiger partial charge in [-0.25, -0.2) is 12.8 Å². The van der Waals surface area contributed by atoms with Crippen molar-refractivity contribution in [2.75, 3.05) is 19.6 Å². The SMILES string of the molecule is CC1c2cc(F)ccc2CCN1C(=O)c1cc(S(=O)(=O)N2CCCC2)ccc1Cl. The van der Waals surface area contributed by atoms with E-state index in [1.54, 1.807) is 11.0 Å². The van der Waals surface area contributed by atoms with Gasteiger partial charge in [-0.05, 0) is 67.6 Å². The van der Waals surface area contributed by atoms with Crippen LogP contribution in [0, 0.1) is 5.82 Å². The molecule has 0 N–H and O–H groups in total. The topological polar surface area (TPSA) is 57.7 Å². The number of carbonyl (C=O) groups is 1. The second-order valence-corrected chi connectivity index (χ2v) is 9.87. The molecular weight excluding hydrogens is 415 g/mol. The lowest BCUT2D eigenvalue weighted by Gasteiger charge is -2.35. The molecule has 154 valence electrons. The monoisotopic (exact) mass is 436 g/mol. The quantitative estimate of drug-likeness (QED) is 0.730. The minimum absolute atomic E-state index is 0.0725. The Morgan fingerprint density at radius 2 is 1.83 bits per heavy atom. The number of rotatable bonds is 3. The minimum Gasteiger partial charge on any atom is -0.331 e. The number of hydrogen-bond donors (Lipinski definition) is 0. The fourth-order valence-corrected chi connectivity index (χ4v) is 5.87. The molecule has 0 bridgehead atoms. The van der Waals surface area contributed by atoms with Crippen molar-refractivity contribution in [3.63, 3.8) is 0 Å². The van der Waals surface area contributed by atoms with E-state index in [-0.39, 0.29) is 33.2 Å². The van der Waals surface area contributed by atoms with Gasteiger partial charge in [-0.3, -0.25) is 4.79 Å². The number of carbonyl (C=O) groups excluding carboxylic acids is 1. The highest BCUT2D eigenvalue weighted by molar-refractivity contribution is 7.89. The van der Waals surface area contributed by atoms with E-state index in [0.29, 0.717) is 26.1 Å². The zero-order valence-electron chi connectivity index (χ0n) is 16.1. The van der Waals surface area contributed by atoms with Crippen molar-refractivity contribution in [2.24, 2.45) is 0 Å². The van der Waals surface area contributed by atoms with E-state index in [0.717, 1.165) is 24.0 Å². The van der Waals surface area contributed by atoms with Gasteiger partial charge in [0.2, 0.25) is 10.0 Å². The average Bonchev–Trinajstić information content (AvgIpc) is 3.24. The Labute approximate surface area is 175 Å². The average molecular weight is 437 g/mol. The Morgan fingerprint density at radius 3 is 2.55 bits per heavy atom. The largest absolute Gasteiger partial charge is 0.331 e. The van der Waals surface area contributed by atoms with Gasteiger partial charge in [-0.1, -0.05) is 17.7 Å². The molecule has 2 aliphatic rings. The molecule has 2 heterocycles. The van der Waals surface area contributed by atoms with Gasteiger partial charge < -0.3 is 4.90 Å². The van der Waals surface area contributed by atoms with Crippen molar-refractivity contribution in [3.8, 4) is 0 Å². The van der Waals surface area contributed by atoms with Gasteiger partial charge in [0.15, 0.2) is 0 Å². The number of hydrogen-bond acceptors (Lipinski definition) is 3. The summed E-state index contributed by atoms with van der Waals surface area (Å²) >= 11 is 6.28. The summed E-state index contributed by atoms with van der Waals surface area (Å²) < 4.78 is 40.9. The van der Waals surface area contributed by atoms with Crippen LogP contribution in [0.4, 0.5) is 4.39 Å². The Bertz CT molecular complexity index is 1070. The van der Waals surface area contributed by atoms with E-state index >= 15 is 0 Å². The zero-order valence-corrected chi connectivity index (χ0v) is 17.6. The van der Waals surface area contributed by atoms with Crippen molar-refractivity contribution < 1.29 is 17.6 Å². The van der Waals surface area contributed by atoms with Crippen LogP contribution in [-0.2, 0) is 16.4 Å². The molecule has 1 saturated heterocycles. The van der Waals surface area contributed by atoms with Gasteiger partial charge in [0, 0.05) is 19.6 Å². The summed E-state index contributed by atoms with van der Waals surface area (Å²) in [7, 11) is -3.66. The fraction of sp³-hybridized carbons (Fsp3) is 0.381. The molecule has 0 radical (unpaired) electrons. The van der Waals surface area contributed by atoms with Crippen LogP contribution in [-0.4, -0.2) is 43.2 Å². The number of benzene rings is 2. The molecule has 0 saturated carbocycles. The van der Waals surface area contributed by atoms with E-state index < -0.39 is 10.0 Å². The maximum Gasteiger partial charge on any atom is 0.255 e. The lowest BCUT2D eigenvalue weighted by molar-refractivity contribution is 0.0677. The smallest absolute Gasteiger partial charge is 0.255 e. The highest BCUT2D eigenvalue weighted by atomic mass is 35.5. The summed E-state index contributed by atoms with van der Waals surface area (Å²) in [5.74, 6) is -0.697. The number of halogens is 2. The second-order valence-electron chi connectivity index (χ2n) is 7.52. The zero-order chi connectivity index (χ0) is 20.8. The molecule has 0 aliphatic carbocycles. The van der Waals surface area contributed by atoms with E-state index in [1.165, 1.54) is 34.6 Å². The van der Waals surface area contributed by atoms with Gasteiger partial charge >= 0.3 is 0 Å². The summed E-state index contributed by atoms with van der Waals surface area (Å²) in [6.07, 6.45) is 2.27. The fourth-order valence-electron chi connectivity index (χ4n) is 4.12. The van der Waals surface area contributed by atoms with Crippen LogP contribution >= 0.6 is 11.6 Å². The molecule has 2 aromatic rings. The second kappa shape index (κ2) is 7.70. The molecule has 2 aliphatic heterocycles. The predicted octanol–water partition coefficient (Wildman–Crippen LogP) is 4.02. The van der Waals surface area contributed by atoms with Crippen LogP contribution in [0.1, 0.15) is 47.3 Å². The first-order valence-electron chi connectivity index (χ1n) is 9.68. The van der Waals surface area contributed by atoms with Gasteiger partial charge in [0.05, 0.1) is 21.5 Å². The third-order valence-electron chi connectivity index (χ3n) is 5.78. The number of fused-ring (bicyclic) bond motifs is 1. The first-order valence-corrected chi connectivity index (χ1v) is 11.5. The van der Waals surface area contributed by atoms with Crippen molar-refractivity contribution in [1.82, 2.24) is 9.21 Å². The first-order chi connectivity index (χ1) is 13.8. The third kappa shape index (κ3) is 3.67. The molecule has 1 unspecified atom stereocenters. The van der Waals surface area contributed by atoms with Crippen LogP contribution in [0.2, 0.25) is 5.02 Å². The molecule has 8 heteroatoms. The summed E-state index contributed by atoms with van der Waals surface area (Å²) in [6.45, 7) is 3.27. The molecule has 0 spiro atoms. The molecule has 1 amide bonds. The Morgan fingerprint density at radius 1 is 1.10 bits per heavy atom. The van der Waals surface area contributed by atoms with Crippen LogP contribution < -0.4 is 0 Å². The van der Waals surface area contributed by atoms with Crippen LogP contribution in [0.5, 0.6) is 0 Å². The van der Waals surface area contributed by atoms with Crippen molar-refractivity contribution in [1.29, 1.82) is 0 Å². The standard InChI is InChI=1S/C21H22ClFN2O3S/c1-14-18-12-16(23)5-4-15(18)8-11-25(14)21(26)19-13-17(6-7-20(19)22)29(27,28)24-9-2-3-10-24/h4-7,12-14H,2-3,8-11H2,1H3. The summed E-state index contributed by atoms with van der Waals surface area (Å²) in [4.78, 5) is 15.0. The summed E-state index contributed by atoms with van der Waals surface area (Å²) in [5.41, 5.74) is 1.93. The lowest BCUT2D eigenvalue weighted by atomic mass is 9.93. The molecule has 5 nitrogen and oxygen atoms in total. The maximum atomic E-state index is 13.7. The summed E-state index contributed by atoms with van der Waals surface area (Å²) in [6, 6.07) is 8.56. The lowest BCUT2D eigenvalue weighted by Crippen LogP contribution is -2.39. The third-order valence-corrected chi connectivity index (χ3v) is 8.00. The maximum absolute atomic E-state index is 13.7. The predicted molar refractivity (Wildman–Crippen MR) is 109 cm³/mol. The van der Waals surface area contributed by atoms with E-state index in [2.05, 4.69) is 0 Å². The number of amides is 1. The van der Waals surface area contributed by atoms with Gasteiger partial charge in [-0.2, -0.15) is 4.31 Å². The molecule has 1 atom stereocenters. The molecule has 29 heavy (non-hydrogen) atoms. The van der Waals surface area contributed by atoms with Gasteiger partial charge in [-0.15, -0.1) is 0 Å².